The summed E-state index contributed by atoms with van der Waals surface area (Å²) in [6.45, 7) is 0.957. The number of esters is 1. The molecule has 0 aliphatic carbocycles. The first-order valence-electron chi connectivity index (χ1n) is 5.94. The number of aliphatic hydroxyl groups excluding tert-OH is 3. The van der Waals surface area contributed by atoms with Crippen molar-refractivity contribution in [1.29, 1.82) is 0 Å². The van der Waals surface area contributed by atoms with Crippen molar-refractivity contribution >= 4 is 5.97 Å². The molecule has 0 spiro atoms. The van der Waals surface area contributed by atoms with Crippen LogP contribution in [0.25, 0.3) is 10.4 Å². The fourth-order valence-corrected chi connectivity index (χ4v) is 1.92. The predicted molar refractivity (Wildman–Crippen MR) is 66.2 cm³/mol. The van der Waals surface area contributed by atoms with Gasteiger partial charge in [-0.05, 0) is 11.6 Å². The highest BCUT2D eigenvalue weighted by molar-refractivity contribution is 5.86. The van der Waals surface area contributed by atoms with Crippen LogP contribution in [0.2, 0.25) is 0 Å². The Hall–Kier alpha value is -1.80. The summed E-state index contributed by atoms with van der Waals surface area (Å²) in [5.74, 6) is -1.50. The lowest BCUT2D eigenvalue weighted by atomic mass is 9.88. The van der Waals surface area contributed by atoms with Gasteiger partial charge in [0.15, 0.2) is 0 Å². The molecule has 1 rings (SSSR count). The van der Waals surface area contributed by atoms with Crippen LogP contribution in [-0.2, 0) is 14.3 Å². The standard InChI is InChI=1S/C11H17N3O6/c1-5-6(13-14-12)3-8(11(18)19-2)20-10(5)9(17)7(16)4-15/h3,5-7,9-10,15-17H,4H2,1-2H3/t5-,6+,7-,9-,10-/m1/s1. The first kappa shape index (κ1) is 16.3. The molecule has 1 aliphatic rings. The molecule has 9 nitrogen and oxygen atoms in total. The van der Waals surface area contributed by atoms with E-state index in [-0.39, 0.29) is 5.76 Å². The molecule has 0 amide bonds. The monoisotopic (exact) mass is 287 g/mol. The zero-order chi connectivity index (χ0) is 15.3. The van der Waals surface area contributed by atoms with Crippen LogP contribution in [0.1, 0.15) is 6.92 Å². The van der Waals surface area contributed by atoms with Crippen LogP contribution in [0.4, 0.5) is 0 Å². The average molecular weight is 287 g/mol. The third-order valence-electron chi connectivity index (χ3n) is 3.13. The third kappa shape index (κ3) is 3.40. The van der Waals surface area contributed by atoms with Gasteiger partial charge in [-0.3, -0.25) is 0 Å². The van der Waals surface area contributed by atoms with Gasteiger partial charge in [-0.25, -0.2) is 4.79 Å². The lowest BCUT2D eigenvalue weighted by Crippen LogP contribution is -2.49. The van der Waals surface area contributed by atoms with E-state index in [1.54, 1.807) is 6.92 Å². The number of nitrogens with zero attached hydrogens (tertiary/aromatic N) is 3. The van der Waals surface area contributed by atoms with E-state index < -0.39 is 42.8 Å². The van der Waals surface area contributed by atoms with Gasteiger partial charge in [-0.15, -0.1) is 0 Å². The van der Waals surface area contributed by atoms with Gasteiger partial charge in [-0.2, -0.15) is 0 Å². The van der Waals surface area contributed by atoms with Gasteiger partial charge in [-0.1, -0.05) is 12.0 Å². The number of carbonyl (C=O) groups excluding carboxylic acids is 1. The van der Waals surface area contributed by atoms with Crippen molar-refractivity contribution < 1.29 is 29.6 Å². The van der Waals surface area contributed by atoms with Gasteiger partial charge >= 0.3 is 5.97 Å². The molecule has 0 saturated carbocycles. The Morgan fingerprint density at radius 3 is 2.80 bits per heavy atom. The molecule has 0 aromatic heterocycles. The van der Waals surface area contributed by atoms with Crippen LogP contribution >= 0.6 is 0 Å². The smallest absolute Gasteiger partial charge is 0.372 e. The highest BCUT2D eigenvalue weighted by Crippen LogP contribution is 2.29. The van der Waals surface area contributed by atoms with Crippen LogP contribution in [0.15, 0.2) is 16.9 Å². The first-order chi connectivity index (χ1) is 9.46. The number of rotatable bonds is 5. The molecule has 0 bridgehead atoms. The number of hydrogen-bond donors (Lipinski definition) is 3. The van der Waals surface area contributed by atoms with Crippen molar-refractivity contribution in [3.05, 3.63) is 22.3 Å². The summed E-state index contributed by atoms with van der Waals surface area (Å²) in [5, 5.41) is 31.8. The van der Waals surface area contributed by atoms with Crippen LogP contribution in [0.3, 0.4) is 0 Å². The highest BCUT2D eigenvalue weighted by atomic mass is 16.6. The minimum Gasteiger partial charge on any atom is -0.480 e. The molecule has 5 atom stereocenters. The van der Waals surface area contributed by atoms with Gasteiger partial charge in [0, 0.05) is 10.8 Å². The molecular formula is C11H17N3O6. The Kier molecular flexibility index (Phi) is 5.78. The maximum atomic E-state index is 11.5. The summed E-state index contributed by atoms with van der Waals surface area (Å²) in [7, 11) is 1.15. The summed E-state index contributed by atoms with van der Waals surface area (Å²) >= 11 is 0. The molecule has 9 heteroatoms. The minimum absolute atomic E-state index is 0.211. The normalized spacial score (nSPS) is 28.4. The number of carbonyl (C=O) groups is 1. The Bertz CT molecular complexity index is 434. The quantitative estimate of drug-likeness (QED) is 0.268. The second-order valence-corrected chi connectivity index (χ2v) is 4.40. The molecule has 20 heavy (non-hydrogen) atoms. The van der Waals surface area contributed by atoms with E-state index in [1.807, 2.05) is 0 Å². The molecule has 0 unspecified atom stereocenters. The van der Waals surface area contributed by atoms with Gasteiger partial charge in [0.25, 0.3) is 0 Å². The van der Waals surface area contributed by atoms with Gasteiger partial charge in [0.05, 0.1) is 19.8 Å². The lowest BCUT2D eigenvalue weighted by Gasteiger charge is -2.36. The number of azide groups is 1. The van der Waals surface area contributed by atoms with E-state index in [2.05, 4.69) is 14.8 Å². The Morgan fingerprint density at radius 1 is 1.65 bits per heavy atom. The van der Waals surface area contributed by atoms with Gasteiger partial charge in [0.1, 0.15) is 18.3 Å². The molecule has 0 radical (unpaired) electrons. The van der Waals surface area contributed by atoms with E-state index >= 15 is 0 Å². The molecule has 0 saturated heterocycles. The maximum absolute atomic E-state index is 11.5. The summed E-state index contributed by atoms with van der Waals surface area (Å²) in [4.78, 5) is 14.2. The Labute approximate surface area is 115 Å². The zero-order valence-corrected chi connectivity index (χ0v) is 11.1. The highest BCUT2D eigenvalue weighted by Gasteiger charge is 2.40. The summed E-state index contributed by atoms with van der Waals surface area (Å²) in [6, 6.07) is -0.742. The van der Waals surface area contributed by atoms with Crippen molar-refractivity contribution in [3.63, 3.8) is 0 Å². The van der Waals surface area contributed by atoms with E-state index in [0.29, 0.717) is 0 Å². The molecule has 1 aliphatic heterocycles. The molecule has 0 fully saturated rings. The third-order valence-corrected chi connectivity index (χ3v) is 3.13. The average Bonchev–Trinajstić information content (AvgIpc) is 2.47. The van der Waals surface area contributed by atoms with Crippen molar-refractivity contribution in [1.82, 2.24) is 0 Å². The molecule has 3 N–H and O–H groups in total. The molecule has 0 aromatic rings. The van der Waals surface area contributed by atoms with Crippen LogP contribution in [0.5, 0.6) is 0 Å². The van der Waals surface area contributed by atoms with E-state index in [1.165, 1.54) is 6.08 Å². The fraction of sp³-hybridized carbons (Fsp3) is 0.727. The second kappa shape index (κ2) is 7.11. The van der Waals surface area contributed by atoms with Crippen molar-refractivity contribution in [2.75, 3.05) is 13.7 Å². The zero-order valence-electron chi connectivity index (χ0n) is 11.1. The predicted octanol–water partition coefficient (Wildman–Crippen LogP) is -0.529. The van der Waals surface area contributed by atoms with Crippen LogP contribution in [-0.4, -0.2) is 59.4 Å². The summed E-state index contributed by atoms with van der Waals surface area (Å²) in [5.41, 5.74) is 8.52. The van der Waals surface area contributed by atoms with Crippen molar-refractivity contribution in [2.24, 2.45) is 11.0 Å². The van der Waals surface area contributed by atoms with Crippen LogP contribution in [0, 0.1) is 5.92 Å². The second-order valence-electron chi connectivity index (χ2n) is 4.40. The fourth-order valence-electron chi connectivity index (χ4n) is 1.92. The largest absolute Gasteiger partial charge is 0.480 e. The first-order valence-corrected chi connectivity index (χ1v) is 5.94. The topological polar surface area (TPSA) is 145 Å². The van der Waals surface area contributed by atoms with E-state index in [9.17, 15) is 15.0 Å². The lowest BCUT2D eigenvalue weighted by molar-refractivity contribution is -0.149. The number of hydrogen-bond acceptors (Lipinski definition) is 7. The molecule has 0 aromatic carbocycles. The number of methoxy groups -OCH3 is 1. The summed E-state index contributed by atoms with van der Waals surface area (Å²) < 4.78 is 9.80. The SMILES string of the molecule is COC(=O)C1=C[C@H](N=[N+]=[N-])[C@@H](C)[C@H]([C@H](O)[C@H](O)CO)O1. The van der Waals surface area contributed by atoms with E-state index in [0.717, 1.165) is 7.11 Å². The summed E-state index contributed by atoms with van der Waals surface area (Å²) in [6.07, 6.45) is -2.61. The Morgan fingerprint density at radius 2 is 2.30 bits per heavy atom. The van der Waals surface area contributed by atoms with Gasteiger partial charge < -0.3 is 24.8 Å². The molecular weight excluding hydrogens is 270 g/mol. The minimum atomic E-state index is -1.44. The number of aliphatic hydroxyl groups is 3. The molecule has 112 valence electrons. The van der Waals surface area contributed by atoms with Crippen molar-refractivity contribution in [2.45, 2.75) is 31.3 Å². The van der Waals surface area contributed by atoms with Crippen molar-refractivity contribution in [3.8, 4) is 0 Å². The van der Waals surface area contributed by atoms with Gasteiger partial charge in [0.2, 0.25) is 5.76 Å². The maximum Gasteiger partial charge on any atom is 0.372 e. The Balaban J connectivity index is 3.06. The number of ether oxygens (including phenoxy) is 2. The molecule has 1 heterocycles. The van der Waals surface area contributed by atoms with E-state index in [4.69, 9.17) is 15.4 Å². The van der Waals surface area contributed by atoms with Crippen LogP contribution < -0.4 is 0 Å².